The molecular weight excluding hydrogens is 304 g/mol. The number of aromatic nitrogens is 5. The van der Waals surface area contributed by atoms with Gasteiger partial charge in [0.05, 0.1) is 11.6 Å². The van der Waals surface area contributed by atoms with Gasteiger partial charge in [0, 0.05) is 32.4 Å². The standard InChI is InChI=1S/C16H16N8/c17-11-13-4-5-18-16(10-13)23-7-1-6-22(8-9-23)15-3-2-14-20-19-12-24(14)21-15/h2-5,10,12H,1,6-9H2. The number of nitrogens with zero attached hydrogens (tertiary/aromatic N) is 8. The van der Waals surface area contributed by atoms with Crippen molar-refractivity contribution in [2.75, 3.05) is 36.0 Å². The quantitative estimate of drug-likeness (QED) is 0.699. The first kappa shape index (κ1) is 14.4. The van der Waals surface area contributed by atoms with Crippen molar-refractivity contribution in [3.63, 3.8) is 0 Å². The van der Waals surface area contributed by atoms with E-state index in [-0.39, 0.29) is 0 Å². The molecule has 3 aromatic heterocycles. The van der Waals surface area contributed by atoms with Gasteiger partial charge in [0.25, 0.3) is 0 Å². The summed E-state index contributed by atoms with van der Waals surface area (Å²) in [5.74, 6) is 1.78. The zero-order valence-corrected chi connectivity index (χ0v) is 13.1. The maximum atomic E-state index is 9.05. The fraction of sp³-hybridized carbons (Fsp3) is 0.312. The van der Waals surface area contributed by atoms with Gasteiger partial charge in [-0.2, -0.15) is 9.78 Å². The van der Waals surface area contributed by atoms with E-state index in [0.29, 0.717) is 5.56 Å². The Bertz CT molecular complexity index is 896. The third kappa shape index (κ3) is 2.72. The van der Waals surface area contributed by atoms with Crippen LogP contribution in [0.2, 0.25) is 0 Å². The van der Waals surface area contributed by atoms with E-state index in [1.807, 2.05) is 18.2 Å². The third-order valence-corrected chi connectivity index (χ3v) is 4.17. The van der Waals surface area contributed by atoms with Gasteiger partial charge in [0.15, 0.2) is 5.65 Å². The average Bonchev–Trinajstić information content (AvgIpc) is 2.96. The highest BCUT2D eigenvalue weighted by molar-refractivity contribution is 5.48. The van der Waals surface area contributed by atoms with Gasteiger partial charge in [0.1, 0.15) is 18.0 Å². The van der Waals surface area contributed by atoms with Crippen LogP contribution in [0.3, 0.4) is 0 Å². The van der Waals surface area contributed by atoms with Crippen molar-refractivity contribution in [1.29, 1.82) is 5.26 Å². The fourth-order valence-corrected chi connectivity index (χ4v) is 2.92. The second-order valence-corrected chi connectivity index (χ2v) is 5.67. The highest BCUT2D eigenvalue weighted by atomic mass is 15.4. The molecule has 1 fully saturated rings. The lowest BCUT2D eigenvalue weighted by atomic mass is 10.2. The molecule has 0 radical (unpaired) electrons. The van der Waals surface area contributed by atoms with Gasteiger partial charge in [-0.3, -0.25) is 0 Å². The maximum Gasteiger partial charge on any atom is 0.177 e. The molecule has 0 amide bonds. The van der Waals surface area contributed by atoms with Gasteiger partial charge < -0.3 is 9.80 Å². The molecule has 0 N–H and O–H groups in total. The largest absolute Gasteiger partial charge is 0.355 e. The van der Waals surface area contributed by atoms with Crippen LogP contribution in [0.25, 0.3) is 5.65 Å². The summed E-state index contributed by atoms with van der Waals surface area (Å²) in [4.78, 5) is 8.88. The highest BCUT2D eigenvalue weighted by Crippen LogP contribution is 2.18. The minimum Gasteiger partial charge on any atom is -0.355 e. The van der Waals surface area contributed by atoms with E-state index >= 15 is 0 Å². The Balaban J connectivity index is 1.52. The van der Waals surface area contributed by atoms with E-state index in [1.165, 1.54) is 0 Å². The van der Waals surface area contributed by atoms with E-state index in [9.17, 15) is 0 Å². The van der Waals surface area contributed by atoms with Crippen LogP contribution in [0.1, 0.15) is 12.0 Å². The molecule has 24 heavy (non-hydrogen) atoms. The summed E-state index contributed by atoms with van der Waals surface area (Å²) >= 11 is 0. The van der Waals surface area contributed by atoms with Crippen molar-refractivity contribution in [2.24, 2.45) is 0 Å². The molecule has 1 aliphatic rings. The third-order valence-electron chi connectivity index (χ3n) is 4.17. The predicted molar refractivity (Wildman–Crippen MR) is 88.8 cm³/mol. The Kier molecular flexibility index (Phi) is 3.67. The summed E-state index contributed by atoms with van der Waals surface area (Å²) in [6.45, 7) is 3.52. The van der Waals surface area contributed by atoms with E-state index in [2.05, 4.69) is 36.1 Å². The van der Waals surface area contributed by atoms with Crippen molar-refractivity contribution in [2.45, 2.75) is 6.42 Å². The number of hydrogen-bond acceptors (Lipinski definition) is 7. The lowest BCUT2D eigenvalue weighted by molar-refractivity contribution is 0.775. The van der Waals surface area contributed by atoms with E-state index in [0.717, 1.165) is 49.9 Å². The molecule has 8 nitrogen and oxygen atoms in total. The number of anilines is 2. The maximum absolute atomic E-state index is 9.05. The summed E-state index contributed by atoms with van der Waals surface area (Å²) in [6, 6.07) is 9.65. The molecule has 4 rings (SSSR count). The smallest absolute Gasteiger partial charge is 0.177 e. The highest BCUT2D eigenvalue weighted by Gasteiger charge is 2.18. The van der Waals surface area contributed by atoms with Gasteiger partial charge in [0.2, 0.25) is 0 Å². The topological polar surface area (TPSA) is 86.2 Å². The van der Waals surface area contributed by atoms with Gasteiger partial charge in [-0.1, -0.05) is 0 Å². The summed E-state index contributed by atoms with van der Waals surface area (Å²) < 4.78 is 1.69. The normalized spacial score (nSPS) is 15.3. The Labute approximate surface area is 139 Å². The van der Waals surface area contributed by atoms with Gasteiger partial charge in [-0.25, -0.2) is 4.98 Å². The van der Waals surface area contributed by atoms with Crippen LogP contribution in [-0.4, -0.2) is 51.0 Å². The zero-order valence-electron chi connectivity index (χ0n) is 13.1. The van der Waals surface area contributed by atoms with Crippen molar-refractivity contribution < 1.29 is 0 Å². The Morgan fingerprint density at radius 1 is 1.00 bits per heavy atom. The van der Waals surface area contributed by atoms with Crippen LogP contribution in [0.4, 0.5) is 11.6 Å². The van der Waals surface area contributed by atoms with Crippen LogP contribution >= 0.6 is 0 Å². The molecule has 0 aromatic carbocycles. The SMILES string of the molecule is N#Cc1ccnc(N2CCCN(c3ccc4nncn4n3)CC2)c1. The first-order valence-corrected chi connectivity index (χ1v) is 7.86. The summed E-state index contributed by atoms with van der Waals surface area (Å²) in [5, 5.41) is 21.5. The first-order chi connectivity index (χ1) is 11.8. The molecule has 0 bridgehead atoms. The van der Waals surface area contributed by atoms with E-state index < -0.39 is 0 Å². The van der Waals surface area contributed by atoms with Crippen molar-refractivity contribution >= 4 is 17.3 Å². The molecule has 0 atom stereocenters. The number of rotatable bonds is 2. The van der Waals surface area contributed by atoms with Crippen LogP contribution < -0.4 is 9.80 Å². The molecule has 8 heteroatoms. The Morgan fingerprint density at radius 3 is 2.67 bits per heavy atom. The van der Waals surface area contributed by atoms with E-state index in [1.54, 1.807) is 23.1 Å². The molecule has 0 unspecified atom stereocenters. The Morgan fingerprint density at radius 2 is 1.83 bits per heavy atom. The van der Waals surface area contributed by atoms with Crippen LogP contribution in [0.15, 0.2) is 36.8 Å². The second kappa shape index (κ2) is 6.12. The molecule has 0 spiro atoms. The summed E-state index contributed by atoms with van der Waals surface area (Å²) in [6.07, 6.45) is 4.30. The number of hydrogen-bond donors (Lipinski definition) is 0. The summed E-state index contributed by atoms with van der Waals surface area (Å²) in [5.41, 5.74) is 1.38. The van der Waals surface area contributed by atoms with Crippen LogP contribution in [-0.2, 0) is 0 Å². The number of fused-ring (bicyclic) bond motifs is 1. The molecular formula is C16H16N8. The van der Waals surface area contributed by atoms with Gasteiger partial charge in [-0.15, -0.1) is 15.3 Å². The summed E-state index contributed by atoms with van der Waals surface area (Å²) in [7, 11) is 0. The molecule has 3 aromatic rings. The average molecular weight is 320 g/mol. The number of nitriles is 1. The molecule has 1 aliphatic heterocycles. The molecule has 1 saturated heterocycles. The molecule has 0 saturated carbocycles. The molecule has 0 aliphatic carbocycles. The lowest BCUT2D eigenvalue weighted by Gasteiger charge is -2.23. The van der Waals surface area contributed by atoms with Crippen LogP contribution in [0, 0.1) is 11.3 Å². The van der Waals surface area contributed by atoms with Gasteiger partial charge >= 0.3 is 0 Å². The molecule has 120 valence electrons. The minimum atomic E-state index is 0.640. The lowest BCUT2D eigenvalue weighted by Crippen LogP contribution is -2.31. The van der Waals surface area contributed by atoms with Crippen molar-refractivity contribution in [1.82, 2.24) is 24.8 Å². The molecule has 4 heterocycles. The zero-order chi connectivity index (χ0) is 16.4. The van der Waals surface area contributed by atoms with Crippen LogP contribution in [0.5, 0.6) is 0 Å². The first-order valence-electron chi connectivity index (χ1n) is 7.86. The van der Waals surface area contributed by atoms with E-state index in [4.69, 9.17) is 5.26 Å². The minimum absolute atomic E-state index is 0.640. The van der Waals surface area contributed by atoms with Gasteiger partial charge in [-0.05, 0) is 30.7 Å². The fourth-order valence-electron chi connectivity index (χ4n) is 2.92. The monoisotopic (exact) mass is 320 g/mol. The van der Waals surface area contributed by atoms with Crippen molar-refractivity contribution in [3.05, 3.63) is 42.4 Å². The predicted octanol–water partition coefficient (Wildman–Crippen LogP) is 1.11. The second-order valence-electron chi connectivity index (χ2n) is 5.67. The number of pyridine rings is 1. The van der Waals surface area contributed by atoms with Crippen molar-refractivity contribution in [3.8, 4) is 6.07 Å². The Hall–Kier alpha value is -3.21.